The molecule has 1 aromatic carbocycles. The van der Waals surface area contributed by atoms with Crippen molar-refractivity contribution in [3.05, 3.63) is 35.9 Å². The van der Waals surface area contributed by atoms with Gasteiger partial charge in [0.05, 0.1) is 12.6 Å². The molecular formula is C15H24N2O2. The molecule has 0 aromatic heterocycles. The molecule has 4 nitrogen and oxygen atoms in total. The molecule has 1 aromatic rings. The van der Waals surface area contributed by atoms with Gasteiger partial charge >= 0.3 is 6.03 Å². The number of benzene rings is 1. The first-order valence-electron chi connectivity index (χ1n) is 6.71. The summed E-state index contributed by atoms with van der Waals surface area (Å²) in [6.45, 7) is 5.27. The molecule has 1 rings (SSSR count). The predicted octanol–water partition coefficient (Wildman–Crippen LogP) is 2.51. The van der Waals surface area contributed by atoms with Gasteiger partial charge in [-0.2, -0.15) is 0 Å². The number of methoxy groups -OCH3 is 1. The van der Waals surface area contributed by atoms with Crippen molar-refractivity contribution in [2.24, 2.45) is 0 Å². The minimum atomic E-state index is -0.134. The van der Waals surface area contributed by atoms with Crippen molar-refractivity contribution in [1.29, 1.82) is 0 Å². The Morgan fingerprint density at radius 3 is 2.58 bits per heavy atom. The number of rotatable bonds is 7. The first-order chi connectivity index (χ1) is 9.13. The zero-order valence-electron chi connectivity index (χ0n) is 12.0. The summed E-state index contributed by atoms with van der Waals surface area (Å²) in [5.41, 5.74) is 1.30. The Bertz CT molecular complexity index is 368. The second-order valence-corrected chi connectivity index (χ2v) is 4.86. The zero-order chi connectivity index (χ0) is 14.1. The van der Waals surface area contributed by atoms with E-state index >= 15 is 0 Å². The SMILES string of the molecule is COCC(C)NC(=O)NCCC(C)c1ccccc1. The normalized spacial score (nSPS) is 13.6. The summed E-state index contributed by atoms with van der Waals surface area (Å²) in [4.78, 5) is 11.6. The van der Waals surface area contributed by atoms with Gasteiger partial charge in [-0.1, -0.05) is 37.3 Å². The van der Waals surface area contributed by atoms with Crippen molar-refractivity contribution in [3.63, 3.8) is 0 Å². The first-order valence-corrected chi connectivity index (χ1v) is 6.71. The van der Waals surface area contributed by atoms with Gasteiger partial charge in [0, 0.05) is 13.7 Å². The number of hydrogen-bond donors (Lipinski definition) is 2. The summed E-state index contributed by atoms with van der Waals surface area (Å²) >= 11 is 0. The monoisotopic (exact) mass is 264 g/mol. The van der Waals surface area contributed by atoms with Crippen LogP contribution < -0.4 is 10.6 Å². The summed E-state index contributed by atoms with van der Waals surface area (Å²) in [6, 6.07) is 10.2. The largest absolute Gasteiger partial charge is 0.383 e. The van der Waals surface area contributed by atoms with E-state index in [-0.39, 0.29) is 12.1 Å². The Balaban J connectivity index is 2.21. The Hall–Kier alpha value is -1.55. The van der Waals surface area contributed by atoms with Crippen LogP contribution in [0.5, 0.6) is 0 Å². The van der Waals surface area contributed by atoms with Gasteiger partial charge in [-0.25, -0.2) is 4.79 Å². The van der Waals surface area contributed by atoms with E-state index in [0.717, 1.165) is 6.42 Å². The fraction of sp³-hybridized carbons (Fsp3) is 0.533. The second-order valence-electron chi connectivity index (χ2n) is 4.86. The van der Waals surface area contributed by atoms with E-state index in [1.165, 1.54) is 5.56 Å². The lowest BCUT2D eigenvalue weighted by atomic mass is 9.98. The molecule has 106 valence electrons. The third-order valence-electron chi connectivity index (χ3n) is 3.03. The lowest BCUT2D eigenvalue weighted by Gasteiger charge is -2.15. The summed E-state index contributed by atoms with van der Waals surface area (Å²) in [5, 5.41) is 5.69. The molecule has 0 saturated heterocycles. The molecule has 0 aliphatic rings. The standard InChI is InChI=1S/C15H24N2O2/c1-12(14-7-5-4-6-8-14)9-10-16-15(18)17-13(2)11-19-3/h4-8,12-13H,9-11H2,1-3H3,(H2,16,17,18). The number of urea groups is 1. The van der Waals surface area contributed by atoms with Crippen molar-refractivity contribution in [3.8, 4) is 0 Å². The molecule has 4 heteroatoms. The van der Waals surface area contributed by atoms with Gasteiger partial charge in [-0.3, -0.25) is 0 Å². The maximum absolute atomic E-state index is 11.6. The smallest absolute Gasteiger partial charge is 0.315 e. The van der Waals surface area contributed by atoms with Crippen LogP contribution in [-0.2, 0) is 4.74 Å². The highest BCUT2D eigenvalue weighted by Gasteiger charge is 2.08. The van der Waals surface area contributed by atoms with Gasteiger partial charge in [0.15, 0.2) is 0 Å². The fourth-order valence-corrected chi connectivity index (χ4v) is 1.92. The van der Waals surface area contributed by atoms with Crippen LogP contribution in [0.4, 0.5) is 4.79 Å². The molecule has 2 amide bonds. The molecule has 0 spiro atoms. The summed E-state index contributed by atoms with van der Waals surface area (Å²) in [5.74, 6) is 0.442. The number of carbonyl (C=O) groups is 1. The molecule has 0 aliphatic carbocycles. The second kappa shape index (κ2) is 8.53. The van der Waals surface area contributed by atoms with Gasteiger partial charge in [0.1, 0.15) is 0 Å². The maximum Gasteiger partial charge on any atom is 0.315 e. The predicted molar refractivity (Wildman–Crippen MR) is 77.3 cm³/mol. The van der Waals surface area contributed by atoms with Gasteiger partial charge < -0.3 is 15.4 Å². The molecular weight excluding hydrogens is 240 g/mol. The molecule has 0 aliphatic heterocycles. The number of hydrogen-bond acceptors (Lipinski definition) is 2. The van der Waals surface area contributed by atoms with Crippen LogP contribution in [-0.4, -0.2) is 32.3 Å². The highest BCUT2D eigenvalue weighted by Crippen LogP contribution is 2.17. The molecule has 2 unspecified atom stereocenters. The van der Waals surface area contributed by atoms with Crippen molar-refractivity contribution >= 4 is 6.03 Å². The van der Waals surface area contributed by atoms with E-state index in [0.29, 0.717) is 19.1 Å². The van der Waals surface area contributed by atoms with Gasteiger partial charge in [-0.05, 0) is 24.8 Å². The van der Waals surface area contributed by atoms with Crippen LogP contribution in [0.15, 0.2) is 30.3 Å². The van der Waals surface area contributed by atoms with Crippen LogP contribution in [0.3, 0.4) is 0 Å². The minimum Gasteiger partial charge on any atom is -0.383 e. The molecule has 0 heterocycles. The van der Waals surface area contributed by atoms with Crippen molar-refractivity contribution in [2.45, 2.75) is 32.2 Å². The molecule has 0 bridgehead atoms. The topological polar surface area (TPSA) is 50.4 Å². The van der Waals surface area contributed by atoms with E-state index in [2.05, 4.69) is 29.7 Å². The van der Waals surface area contributed by atoms with E-state index in [4.69, 9.17) is 4.74 Å². The summed E-state index contributed by atoms with van der Waals surface area (Å²) in [6.07, 6.45) is 0.927. The lowest BCUT2D eigenvalue weighted by Crippen LogP contribution is -2.43. The van der Waals surface area contributed by atoms with E-state index in [9.17, 15) is 4.79 Å². The summed E-state index contributed by atoms with van der Waals surface area (Å²) in [7, 11) is 1.62. The molecule has 2 atom stereocenters. The Morgan fingerprint density at radius 1 is 1.26 bits per heavy atom. The van der Waals surface area contributed by atoms with Crippen LogP contribution in [0.1, 0.15) is 31.7 Å². The van der Waals surface area contributed by atoms with Crippen molar-refractivity contribution in [2.75, 3.05) is 20.3 Å². The quantitative estimate of drug-likeness (QED) is 0.795. The molecule has 0 radical (unpaired) electrons. The minimum absolute atomic E-state index is 0.0246. The van der Waals surface area contributed by atoms with Gasteiger partial charge in [0.25, 0.3) is 0 Å². The highest BCUT2D eigenvalue weighted by molar-refractivity contribution is 5.74. The van der Waals surface area contributed by atoms with E-state index in [1.54, 1.807) is 7.11 Å². The fourth-order valence-electron chi connectivity index (χ4n) is 1.92. The lowest BCUT2D eigenvalue weighted by molar-refractivity contribution is 0.171. The maximum atomic E-state index is 11.6. The average molecular weight is 264 g/mol. The first kappa shape index (κ1) is 15.5. The zero-order valence-corrected chi connectivity index (χ0v) is 12.0. The Labute approximate surface area is 115 Å². The molecule has 0 saturated carbocycles. The Kier molecular flexibility index (Phi) is 6.97. The van der Waals surface area contributed by atoms with Crippen molar-refractivity contribution in [1.82, 2.24) is 10.6 Å². The van der Waals surface area contributed by atoms with E-state index in [1.807, 2.05) is 25.1 Å². The number of amides is 2. The van der Waals surface area contributed by atoms with Gasteiger partial charge in [-0.15, -0.1) is 0 Å². The van der Waals surface area contributed by atoms with Crippen LogP contribution >= 0.6 is 0 Å². The highest BCUT2D eigenvalue weighted by atomic mass is 16.5. The van der Waals surface area contributed by atoms with Crippen LogP contribution in [0, 0.1) is 0 Å². The van der Waals surface area contributed by atoms with Crippen LogP contribution in [0.2, 0.25) is 0 Å². The number of carbonyl (C=O) groups excluding carboxylic acids is 1. The molecule has 19 heavy (non-hydrogen) atoms. The molecule has 2 N–H and O–H groups in total. The Morgan fingerprint density at radius 2 is 1.95 bits per heavy atom. The van der Waals surface area contributed by atoms with E-state index < -0.39 is 0 Å². The van der Waals surface area contributed by atoms with Gasteiger partial charge in [0.2, 0.25) is 0 Å². The third kappa shape index (κ3) is 6.25. The van der Waals surface area contributed by atoms with Crippen molar-refractivity contribution < 1.29 is 9.53 Å². The molecule has 0 fully saturated rings. The average Bonchev–Trinajstić information content (AvgIpc) is 2.39. The third-order valence-corrected chi connectivity index (χ3v) is 3.03. The van der Waals surface area contributed by atoms with Crippen LogP contribution in [0.25, 0.3) is 0 Å². The number of nitrogens with one attached hydrogen (secondary N) is 2. The summed E-state index contributed by atoms with van der Waals surface area (Å²) < 4.78 is 4.96. The number of ether oxygens (including phenoxy) is 1.